The standard InChI is InChI=1S/C15H23BF4O6Si/c1-7(2)24-27(25-8(3)4,26-9(5)6)15-12(19)10(17)14(23-16(21)22)11(18)13(15)20/h7-9,21-22H,1-6H3. The molecule has 6 nitrogen and oxygen atoms in total. The Morgan fingerprint density at radius 1 is 0.704 bits per heavy atom. The number of hydrogen-bond donors (Lipinski definition) is 2. The minimum absolute atomic E-state index is 0.658. The Morgan fingerprint density at radius 3 is 1.30 bits per heavy atom. The summed E-state index contributed by atoms with van der Waals surface area (Å²) in [6.07, 6.45) is -1.97. The Balaban J connectivity index is 3.79. The van der Waals surface area contributed by atoms with Crippen LogP contribution in [0.1, 0.15) is 41.5 Å². The zero-order valence-corrected chi connectivity index (χ0v) is 16.8. The van der Waals surface area contributed by atoms with Crippen molar-refractivity contribution in [1.29, 1.82) is 0 Å². The molecule has 0 unspecified atom stereocenters. The van der Waals surface area contributed by atoms with Crippen LogP contribution in [0.15, 0.2) is 0 Å². The number of rotatable bonds is 9. The fourth-order valence-corrected chi connectivity index (χ4v) is 5.42. The first kappa shape index (κ1) is 23.9. The van der Waals surface area contributed by atoms with Crippen LogP contribution in [-0.2, 0) is 13.3 Å². The molecule has 0 saturated carbocycles. The maximum absolute atomic E-state index is 14.8. The van der Waals surface area contributed by atoms with Gasteiger partial charge in [0.1, 0.15) is 5.19 Å². The van der Waals surface area contributed by atoms with Gasteiger partial charge < -0.3 is 28.0 Å². The third kappa shape index (κ3) is 5.65. The van der Waals surface area contributed by atoms with Gasteiger partial charge in [-0.25, -0.2) is 8.78 Å². The summed E-state index contributed by atoms with van der Waals surface area (Å²) in [6, 6.07) is 0. The minimum atomic E-state index is -4.49. The highest BCUT2D eigenvalue weighted by Gasteiger charge is 2.53. The molecular weight excluding hydrogens is 391 g/mol. The minimum Gasteiger partial charge on any atom is -0.507 e. The molecule has 0 fully saturated rings. The topological polar surface area (TPSA) is 77.4 Å². The molecular formula is C15H23BF4O6Si. The van der Waals surface area contributed by atoms with Crippen LogP contribution in [0.4, 0.5) is 17.6 Å². The van der Waals surface area contributed by atoms with Crippen molar-refractivity contribution in [3.05, 3.63) is 23.3 Å². The van der Waals surface area contributed by atoms with E-state index in [0.717, 1.165) is 0 Å². The zero-order chi connectivity index (χ0) is 21.1. The van der Waals surface area contributed by atoms with Crippen LogP contribution < -0.4 is 9.84 Å². The first-order valence-corrected chi connectivity index (χ1v) is 9.97. The van der Waals surface area contributed by atoms with Crippen molar-refractivity contribution in [3.8, 4) is 5.75 Å². The van der Waals surface area contributed by atoms with E-state index in [0.29, 0.717) is 0 Å². The number of halogens is 4. The molecule has 0 aliphatic rings. The number of benzene rings is 1. The third-order valence-electron chi connectivity index (χ3n) is 2.93. The summed E-state index contributed by atoms with van der Waals surface area (Å²) < 4.78 is 79.0. The highest BCUT2D eigenvalue weighted by molar-refractivity contribution is 6.75. The lowest BCUT2D eigenvalue weighted by molar-refractivity contribution is 0.0140. The molecule has 12 heteroatoms. The summed E-state index contributed by atoms with van der Waals surface area (Å²) in [5, 5.41) is 16.3. The van der Waals surface area contributed by atoms with Gasteiger partial charge in [0, 0.05) is 18.3 Å². The van der Waals surface area contributed by atoms with Crippen molar-refractivity contribution >= 4 is 21.3 Å². The maximum Gasteiger partial charge on any atom is 0.707 e. The summed E-state index contributed by atoms with van der Waals surface area (Å²) in [5.41, 5.74) is 0. The molecule has 0 radical (unpaired) electrons. The van der Waals surface area contributed by atoms with Crippen molar-refractivity contribution in [2.45, 2.75) is 59.9 Å². The highest BCUT2D eigenvalue weighted by atomic mass is 28.4. The fraction of sp³-hybridized carbons (Fsp3) is 0.600. The molecule has 0 saturated heterocycles. The van der Waals surface area contributed by atoms with Gasteiger partial charge in [-0.2, -0.15) is 8.78 Å². The molecule has 0 bridgehead atoms. The van der Waals surface area contributed by atoms with Crippen LogP contribution in [0.2, 0.25) is 0 Å². The zero-order valence-electron chi connectivity index (χ0n) is 15.8. The fourth-order valence-electron chi connectivity index (χ4n) is 2.28. The van der Waals surface area contributed by atoms with Gasteiger partial charge in [0.25, 0.3) is 0 Å². The molecule has 154 valence electrons. The Morgan fingerprint density at radius 2 is 1.04 bits per heavy atom. The van der Waals surface area contributed by atoms with Crippen LogP contribution in [-0.4, -0.2) is 44.5 Å². The molecule has 0 aliphatic heterocycles. The van der Waals surface area contributed by atoms with Gasteiger partial charge in [0.2, 0.25) is 11.6 Å². The quantitative estimate of drug-likeness (QED) is 0.366. The molecule has 0 aliphatic carbocycles. The van der Waals surface area contributed by atoms with Gasteiger partial charge in [-0.05, 0) is 41.5 Å². The van der Waals surface area contributed by atoms with Crippen molar-refractivity contribution in [2.24, 2.45) is 0 Å². The molecule has 0 atom stereocenters. The Hall–Kier alpha value is -1.18. The van der Waals surface area contributed by atoms with Gasteiger partial charge in [0.15, 0.2) is 17.4 Å². The SMILES string of the molecule is CC(C)O[Si](OC(C)C)(OC(C)C)c1c(F)c(F)c(OB(O)O)c(F)c1F. The summed E-state index contributed by atoms with van der Waals surface area (Å²) in [6.45, 7) is 9.23. The molecule has 0 spiro atoms. The van der Waals surface area contributed by atoms with Crippen molar-refractivity contribution < 1.29 is 45.5 Å². The average Bonchev–Trinajstić information content (AvgIpc) is 2.47. The normalized spacial score (nSPS) is 12.4. The van der Waals surface area contributed by atoms with Gasteiger partial charge >= 0.3 is 16.1 Å². The van der Waals surface area contributed by atoms with Crippen LogP contribution in [0.25, 0.3) is 0 Å². The Labute approximate surface area is 156 Å². The van der Waals surface area contributed by atoms with E-state index in [1.807, 2.05) is 0 Å². The molecule has 1 rings (SSSR count). The Bertz CT molecular complexity index is 604. The van der Waals surface area contributed by atoms with Gasteiger partial charge in [-0.1, -0.05) is 0 Å². The molecule has 2 N–H and O–H groups in total. The van der Waals surface area contributed by atoms with E-state index in [9.17, 15) is 17.6 Å². The van der Waals surface area contributed by atoms with Crippen molar-refractivity contribution in [2.75, 3.05) is 0 Å². The van der Waals surface area contributed by atoms with E-state index in [-0.39, 0.29) is 0 Å². The highest BCUT2D eigenvalue weighted by Crippen LogP contribution is 2.29. The molecule has 1 aromatic rings. The lowest BCUT2D eigenvalue weighted by atomic mass is 10.2. The van der Waals surface area contributed by atoms with E-state index in [1.165, 1.54) is 41.5 Å². The molecule has 0 amide bonds. The summed E-state index contributed by atoms with van der Waals surface area (Å²) in [4.78, 5) is 0. The largest absolute Gasteiger partial charge is 0.707 e. The van der Waals surface area contributed by atoms with E-state index >= 15 is 0 Å². The molecule has 27 heavy (non-hydrogen) atoms. The van der Waals surface area contributed by atoms with Gasteiger partial charge in [0.05, 0.1) is 0 Å². The second-order valence-electron chi connectivity index (χ2n) is 6.46. The van der Waals surface area contributed by atoms with E-state index in [1.54, 1.807) is 0 Å². The predicted octanol–water partition coefficient (Wildman–Crippen LogP) is 2.01. The lowest BCUT2D eigenvalue weighted by Crippen LogP contribution is -2.62. The second kappa shape index (κ2) is 9.35. The van der Waals surface area contributed by atoms with Crippen molar-refractivity contribution in [1.82, 2.24) is 0 Å². The first-order chi connectivity index (χ1) is 12.3. The van der Waals surface area contributed by atoms with Crippen LogP contribution in [0.3, 0.4) is 0 Å². The number of hydrogen-bond acceptors (Lipinski definition) is 6. The van der Waals surface area contributed by atoms with E-state index < -0.39 is 68.6 Å². The third-order valence-corrected chi connectivity index (χ3v) is 6.32. The van der Waals surface area contributed by atoms with Crippen molar-refractivity contribution in [3.63, 3.8) is 0 Å². The second-order valence-corrected chi connectivity index (χ2v) is 8.78. The first-order valence-electron chi connectivity index (χ1n) is 8.25. The monoisotopic (exact) mass is 414 g/mol. The van der Waals surface area contributed by atoms with Crippen LogP contribution >= 0.6 is 0 Å². The van der Waals surface area contributed by atoms with Gasteiger partial charge in [-0.3, -0.25) is 0 Å². The molecule has 0 heterocycles. The van der Waals surface area contributed by atoms with Crippen LogP contribution in [0, 0.1) is 23.3 Å². The Kier molecular flexibility index (Phi) is 8.26. The molecule has 0 aromatic heterocycles. The van der Waals surface area contributed by atoms with E-state index in [2.05, 4.69) is 4.65 Å². The summed E-state index contributed by atoms with van der Waals surface area (Å²) in [7, 11) is -7.17. The lowest BCUT2D eigenvalue weighted by Gasteiger charge is -2.35. The molecule has 1 aromatic carbocycles. The predicted molar refractivity (Wildman–Crippen MR) is 91.1 cm³/mol. The average molecular weight is 414 g/mol. The summed E-state index contributed by atoms with van der Waals surface area (Å²) >= 11 is 0. The smallest absolute Gasteiger partial charge is 0.507 e. The maximum atomic E-state index is 14.8. The van der Waals surface area contributed by atoms with E-state index in [4.69, 9.17) is 23.3 Å². The van der Waals surface area contributed by atoms with Gasteiger partial charge in [-0.15, -0.1) is 0 Å². The van der Waals surface area contributed by atoms with Crippen LogP contribution in [0.5, 0.6) is 5.75 Å². The summed E-state index contributed by atoms with van der Waals surface area (Å²) in [5.74, 6) is -9.29.